The molecule has 4 aromatic rings. The first-order chi connectivity index (χ1) is 12.6. The molecule has 0 aliphatic carbocycles. The SMILES string of the molecule is O=c1oc(-c2cccnc2Oc2ccccc2)nc2cc(Cl)cc(Cl)c12. The average Bonchev–Trinajstić information content (AvgIpc) is 2.62. The van der Waals surface area contributed by atoms with Crippen molar-refractivity contribution in [3.8, 4) is 23.1 Å². The van der Waals surface area contributed by atoms with Crippen LogP contribution in [0.5, 0.6) is 11.6 Å². The molecule has 0 radical (unpaired) electrons. The second-order valence-electron chi connectivity index (χ2n) is 5.36. The molecule has 0 aliphatic rings. The van der Waals surface area contributed by atoms with Crippen molar-refractivity contribution in [1.82, 2.24) is 9.97 Å². The van der Waals surface area contributed by atoms with Gasteiger partial charge in [0, 0.05) is 11.2 Å². The normalized spacial score (nSPS) is 10.8. The summed E-state index contributed by atoms with van der Waals surface area (Å²) in [6.07, 6.45) is 1.58. The van der Waals surface area contributed by atoms with Crippen LogP contribution >= 0.6 is 23.2 Å². The fraction of sp³-hybridized carbons (Fsp3) is 0. The smallest absolute Gasteiger partial charge is 0.348 e. The first kappa shape index (κ1) is 16.6. The summed E-state index contributed by atoms with van der Waals surface area (Å²) in [6.45, 7) is 0. The van der Waals surface area contributed by atoms with E-state index in [0.29, 0.717) is 21.9 Å². The lowest BCUT2D eigenvalue weighted by Gasteiger charge is -2.09. The number of rotatable bonds is 3. The van der Waals surface area contributed by atoms with Gasteiger partial charge in [-0.15, -0.1) is 0 Å². The summed E-state index contributed by atoms with van der Waals surface area (Å²) in [6, 6.07) is 15.6. The molecule has 0 saturated heterocycles. The quantitative estimate of drug-likeness (QED) is 0.476. The number of nitrogens with zero attached hydrogens (tertiary/aromatic N) is 2. The number of hydrogen-bond acceptors (Lipinski definition) is 5. The van der Waals surface area contributed by atoms with Gasteiger partial charge in [-0.05, 0) is 36.4 Å². The molecule has 0 saturated carbocycles. The van der Waals surface area contributed by atoms with Gasteiger partial charge in [0.25, 0.3) is 0 Å². The minimum Gasteiger partial charge on any atom is -0.438 e. The highest BCUT2D eigenvalue weighted by Crippen LogP contribution is 2.31. The zero-order valence-corrected chi connectivity index (χ0v) is 14.7. The summed E-state index contributed by atoms with van der Waals surface area (Å²) in [5.74, 6) is 0.934. The van der Waals surface area contributed by atoms with Crippen molar-refractivity contribution in [1.29, 1.82) is 0 Å². The molecule has 0 unspecified atom stereocenters. The lowest BCUT2D eigenvalue weighted by molar-refractivity contribution is 0.457. The number of halogens is 2. The molecule has 26 heavy (non-hydrogen) atoms. The number of hydrogen-bond donors (Lipinski definition) is 0. The van der Waals surface area contributed by atoms with E-state index in [1.165, 1.54) is 6.07 Å². The Hall–Kier alpha value is -2.89. The van der Waals surface area contributed by atoms with Crippen molar-refractivity contribution >= 4 is 34.1 Å². The third-order valence-corrected chi connectivity index (χ3v) is 4.13. The number of fused-ring (bicyclic) bond motifs is 1. The van der Waals surface area contributed by atoms with Gasteiger partial charge in [-0.1, -0.05) is 41.4 Å². The fourth-order valence-electron chi connectivity index (χ4n) is 2.47. The van der Waals surface area contributed by atoms with Crippen LogP contribution in [-0.4, -0.2) is 9.97 Å². The van der Waals surface area contributed by atoms with Gasteiger partial charge < -0.3 is 9.15 Å². The Labute approximate surface area is 157 Å². The van der Waals surface area contributed by atoms with Crippen LogP contribution in [0.4, 0.5) is 0 Å². The summed E-state index contributed by atoms with van der Waals surface area (Å²) in [7, 11) is 0. The molecule has 0 spiro atoms. The zero-order valence-electron chi connectivity index (χ0n) is 13.1. The standard InChI is InChI=1S/C19H10Cl2N2O3/c20-11-9-14(21)16-15(10-11)23-18(26-19(16)24)13-7-4-8-22-17(13)25-12-5-2-1-3-6-12/h1-10H. The van der Waals surface area contributed by atoms with E-state index in [2.05, 4.69) is 9.97 Å². The number of benzene rings is 2. The van der Waals surface area contributed by atoms with E-state index >= 15 is 0 Å². The first-order valence-electron chi connectivity index (χ1n) is 7.60. The van der Waals surface area contributed by atoms with Crippen LogP contribution in [0.25, 0.3) is 22.4 Å². The van der Waals surface area contributed by atoms with Crippen LogP contribution in [-0.2, 0) is 0 Å². The highest BCUT2D eigenvalue weighted by Gasteiger charge is 2.16. The Bertz CT molecular complexity index is 1160. The number of pyridine rings is 1. The average molecular weight is 385 g/mol. The molecule has 0 atom stereocenters. The third-order valence-electron chi connectivity index (χ3n) is 3.61. The second-order valence-corrected chi connectivity index (χ2v) is 6.20. The van der Waals surface area contributed by atoms with Crippen LogP contribution in [0.1, 0.15) is 0 Å². The van der Waals surface area contributed by atoms with Gasteiger partial charge in [0.05, 0.1) is 16.1 Å². The van der Waals surface area contributed by atoms with Gasteiger partial charge in [-0.3, -0.25) is 0 Å². The minimum absolute atomic E-state index is 0.0693. The van der Waals surface area contributed by atoms with Crippen molar-refractivity contribution in [2.45, 2.75) is 0 Å². The Kier molecular flexibility index (Phi) is 4.32. The monoisotopic (exact) mass is 384 g/mol. The van der Waals surface area contributed by atoms with Crippen molar-refractivity contribution in [3.05, 3.63) is 81.3 Å². The number of para-hydroxylation sites is 1. The maximum absolute atomic E-state index is 12.4. The highest BCUT2D eigenvalue weighted by molar-refractivity contribution is 6.38. The molecule has 5 nitrogen and oxygen atoms in total. The van der Waals surface area contributed by atoms with Crippen LogP contribution < -0.4 is 10.4 Å². The van der Waals surface area contributed by atoms with Crippen molar-refractivity contribution in [3.63, 3.8) is 0 Å². The topological polar surface area (TPSA) is 65.2 Å². The van der Waals surface area contributed by atoms with Crippen LogP contribution in [0, 0.1) is 0 Å². The van der Waals surface area contributed by atoms with Gasteiger partial charge in [0.1, 0.15) is 11.1 Å². The third kappa shape index (κ3) is 3.14. The molecule has 0 N–H and O–H groups in total. The second kappa shape index (κ2) is 6.78. The number of aromatic nitrogens is 2. The first-order valence-corrected chi connectivity index (χ1v) is 8.35. The van der Waals surface area contributed by atoms with Crippen LogP contribution in [0.2, 0.25) is 10.0 Å². The molecule has 0 fully saturated rings. The minimum atomic E-state index is -0.610. The van der Waals surface area contributed by atoms with E-state index in [1.54, 1.807) is 36.5 Å². The molecule has 4 rings (SSSR count). The van der Waals surface area contributed by atoms with Crippen LogP contribution in [0.15, 0.2) is 70.0 Å². The summed E-state index contributed by atoms with van der Waals surface area (Å²) >= 11 is 12.1. The van der Waals surface area contributed by atoms with E-state index in [9.17, 15) is 4.79 Å². The largest absolute Gasteiger partial charge is 0.438 e. The van der Waals surface area contributed by atoms with Crippen molar-refractivity contribution < 1.29 is 9.15 Å². The van der Waals surface area contributed by atoms with Gasteiger partial charge >= 0.3 is 5.63 Å². The molecule has 2 aromatic heterocycles. The maximum Gasteiger partial charge on any atom is 0.348 e. The molecule has 0 bridgehead atoms. The summed E-state index contributed by atoms with van der Waals surface area (Å²) in [5.41, 5.74) is 0.163. The maximum atomic E-state index is 12.4. The van der Waals surface area contributed by atoms with Gasteiger partial charge in [0.2, 0.25) is 11.8 Å². The summed E-state index contributed by atoms with van der Waals surface area (Å²) in [5, 5.41) is 0.736. The fourth-order valence-corrected chi connectivity index (χ4v) is 3.03. The van der Waals surface area contributed by atoms with Gasteiger partial charge in [-0.2, -0.15) is 0 Å². The number of ether oxygens (including phenoxy) is 1. The Balaban J connectivity index is 1.87. The summed E-state index contributed by atoms with van der Waals surface area (Å²) in [4.78, 5) is 21.0. The predicted octanol–water partition coefficient (Wildman–Crippen LogP) is 5.35. The van der Waals surface area contributed by atoms with E-state index < -0.39 is 5.63 Å². The Morgan fingerprint density at radius 1 is 1.00 bits per heavy atom. The lowest BCUT2D eigenvalue weighted by Crippen LogP contribution is -2.04. The molecular formula is C19H10Cl2N2O3. The molecule has 0 aliphatic heterocycles. The van der Waals surface area contributed by atoms with E-state index in [1.807, 2.05) is 18.2 Å². The van der Waals surface area contributed by atoms with E-state index in [4.69, 9.17) is 32.4 Å². The van der Waals surface area contributed by atoms with Crippen LogP contribution in [0.3, 0.4) is 0 Å². The molecule has 2 aromatic carbocycles. The molecule has 0 amide bonds. The van der Waals surface area contributed by atoms with Crippen molar-refractivity contribution in [2.75, 3.05) is 0 Å². The Morgan fingerprint density at radius 2 is 1.81 bits per heavy atom. The molecule has 128 valence electrons. The van der Waals surface area contributed by atoms with Gasteiger partial charge in [-0.25, -0.2) is 14.8 Å². The summed E-state index contributed by atoms with van der Waals surface area (Å²) < 4.78 is 11.2. The molecule has 7 heteroatoms. The van der Waals surface area contributed by atoms with Crippen molar-refractivity contribution in [2.24, 2.45) is 0 Å². The zero-order chi connectivity index (χ0) is 18.1. The van der Waals surface area contributed by atoms with E-state index in [-0.39, 0.29) is 22.2 Å². The Morgan fingerprint density at radius 3 is 2.62 bits per heavy atom. The highest BCUT2D eigenvalue weighted by atomic mass is 35.5. The molecular weight excluding hydrogens is 375 g/mol. The lowest BCUT2D eigenvalue weighted by atomic mass is 10.2. The van der Waals surface area contributed by atoms with Gasteiger partial charge in [0.15, 0.2) is 0 Å². The van der Waals surface area contributed by atoms with E-state index in [0.717, 1.165) is 0 Å². The predicted molar refractivity (Wildman–Crippen MR) is 100 cm³/mol. The molecule has 2 heterocycles.